The number of aromatic nitrogens is 3. The number of carboxylic acids is 1. The Kier molecular flexibility index (Phi) is 3.25. The highest BCUT2D eigenvalue weighted by atomic mass is 16.4. The predicted octanol–water partition coefficient (Wildman–Crippen LogP) is 1.30. The second-order valence-electron chi connectivity index (χ2n) is 4.46. The molecule has 0 saturated carbocycles. The third kappa shape index (κ3) is 2.29. The van der Waals surface area contributed by atoms with Crippen LogP contribution in [0.4, 0.5) is 0 Å². The molecule has 1 heterocycles. The van der Waals surface area contributed by atoms with Gasteiger partial charge in [0.1, 0.15) is 5.82 Å². The van der Waals surface area contributed by atoms with Crippen molar-refractivity contribution >= 4 is 5.97 Å². The largest absolute Gasteiger partial charge is 0.480 e. The minimum atomic E-state index is -1.09. The van der Waals surface area contributed by atoms with Crippen LogP contribution in [0.25, 0.3) is 5.69 Å². The van der Waals surface area contributed by atoms with E-state index in [0.29, 0.717) is 11.5 Å². The van der Waals surface area contributed by atoms with Gasteiger partial charge in [0.25, 0.3) is 0 Å². The van der Waals surface area contributed by atoms with Crippen LogP contribution in [0.15, 0.2) is 29.1 Å². The van der Waals surface area contributed by atoms with Crippen LogP contribution in [0, 0.1) is 13.8 Å². The summed E-state index contributed by atoms with van der Waals surface area (Å²) in [5.74, 6) is -0.627. The molecule has 0 aliphatic rings. The normalized spacial score (nSPS) is 12.4. The summed E-state index contributed by atoms with van der Waals surface area (Å²) in [6, 6.07) is 6.40. The van der Waals surface area contributed by atoms with Crippen molar-refractivity contribution in [2.24, 2.45) is 0 Å². The molecular weight excluding hydrogens is 246 g/mol. The van der Waals surface area contributed by atoms with Gasteiger partial charge in [-0.1, -0.05) is 17.7 Å². The summed E-state index contributed by atoms with van der Waals surface area (Å²) in [6.07, 6.45) is 0. The van der Waals surface area contributed by atoms with Gasteiger partial charge in [-0.05, 0) is 32.9 Å². The van der Waals surface area contributed by atoms with Crippen LogP contribution >= 0.6 is 0 Å². The minimum absolute atomic E-state index is 0.448. The first-order valence-electron chi connectivity index (χ1n) is 5.90. The van der Waals surface area contributed by atoms with Crippen LogP contribution in [-0.4, -0.2) is 25.4 Å². The second-order valence-corrected chi connectivity index (χ2v) is 4.46. The predicted molar refractivity (Wildman–Crippen MR) is 69.6 cm³/mol. The standard InChI is InChI=1S/C13H15N3O3/c1-8-4-6-11(7-5-8)15-10(3)14-16(13(15)19)9(2)12(17)18/h4-7,9H,1-3H3,(H,17,18)/t9-/m0/s1. The zero-order valence-electron chi connectivity index (χ0n) is 11.0. The highest BCUT2D eigenvalue weighted by molar-refractivity contribution is 5.71. The lowest BCUT2D eigenvalue weighted by molar-refractivity contribution is -0.140. The molecule has 100 valence electrons. The summed E-state index contributed by atoms with van der Waals surface area (Å²) in [4.78, 5) is 23.2. The Morgan fingerprint density at radius 2 is 1.84 bits per heavy atom. The van der Waals surface area contributed by atoms with Crippen LogP contribution in [0.1, 0.15) is 24.4 Å². The van der Waals surface area contributed by atoms with Gasteiger partial charge in [0.15, 0.2) is 6.04 Å². The maximum Gasteiger partial charge on any atom is 0.351 e. The molecule has 0 saturated heterocycles. The molecule has 1 aromatic heterocycles. The number of nitrogens with zero attached hydrogens (tertiary/aromatic N) is 3. The minimum Gasteiger partial charge on any atom is -0.480 e. The van der Waals surface area contributed by atoms with Gasteiger partial charge in [-0.15, -0.1) is 0 Å². The maximum atomic E-state index is 12.2. The Bertz CT molecular complexity index is 667. The van der Waals surface area contributed by atoms with Crippen molar-refractivity contribution in [2.75, 3.05) is 0 Å². The van der Waals surface area contributed by atoms with Crippen molar-refractivity contribution in [1.29, 1.82) is 0 Å². The summed E-state index contributed by atoms with van der Waals surface area (Å²) >= 11 is 0. The molecule has 0 unspecified atom stereocenters. The molecule has 1 N–H and O–H groups in total. The Balaban J connectivity index is 2.57. The molecule has 0 aliphatic carbocycles. The van der Waals surface area contributed by atoms with E-state index in [0.717, 1.165) is 10.2 Å². The molecule has 6 heteroatoms. The molecule has 0 radical (unpaired) electrons. The fraction of sp³-hybridized carbons (Fsp3) is 0.308. The third-order valence-corrected chi connectivity index (χ3v) is 2.98. The molecule has 19 heavy (non-hydrogen) atoms. The van der Waals surface area contributed by atoms with E-state index in [1.165, 1.54) is 11.5 Å². The molecule has 0 bridgehead atoms. The molecule has 6 nitrogen and oxygen atoms in total. The Morgan fingerprint density at radius 3 is 2.37 bits per heavy atom. The quantitative estimate of drug-likeness (QED) is 0.903. The van der Waals surface area contributed by atoms with Crippen molar-refractivity contribution in [2.45, 2.75) is 26.8 Å². The molecular formula is C13H15N3O3. The van der Waals surface area contributed by atoms with E-state index >= 15 is 0 Å². The van der Waals surface area contributed by atoms with Crippen molar-refractivity contribution in [1.82, 2.24) is 14.3 Å². The van der Waals surface area contributed by atoms with Gasteiger partial charge in [0, 0.05) is 0 Å². The lowest BCUT2D eigenvalue weighted by Crippen LogP contribution is -2.30. The highest BCUT2D eigenvalue weighted by Crippen LogP contribution is 2.10. The average Bonchev–Trinajstić information content (AvgIpc) is 2.65. The van der Waals surface area contributed by atoms with E-state index in [1.54, 1.807) is 19.1 Å². The van der Waals surface area contributed by atoms with Crippen LogP contribution < -0.4 is 5.69 Å². The van der Waals surface area contributed by atoms with E-state index in [9.17, 15) is 9.59 Å². The second kappa shape index (κ2) is 4.72. The first kappa shape index (κ1) is 13.1. The molecule has 0 aliphatic heterocycles. The molecule has 1 atom stereocenters. The van der Waals surface area contributed by atoms with Gasteiger partial charge in [0.2, 0.25) is 0 Å². The maximum absolute atomic E-state index is 12.2. The lowest BCUT2D eigenvalue weighted by atomic mass is 10.2. The number of carboxylic acid groups (broad SMARTS) is 1. The van der Waals surface area contributed by atoms with E-state index in [-0.39, 0.29) is 0 Å². The number of hydrogen-bond acceptors (Lipinski definition) is 3. The monoisotopic (exact) mass is 261 g/mol. The van der Waals surface area contributed by atoms with Crippen molar-refractivity contribution in [3.8, 4) is 5.69 Å². The van der Waals surface area contributed by atoms with E-state index in [2.05, 4.69) is 5.10 Å². The van der Waals surface area contributed by atoms with Crippen molar-refractivity contribution in [3.05, 3.63) is 46.1 Å². The number of hydrogen-bond donors (Lipinski definition) is 1. The Hall–Kier alpha value is -2.37. The van der Waals surface area contributed by atoms with Gasteiger partial charge < -0.3 is 5.11 Å². The van der Waals surface area contributed by atoms with Crippen LogP contribution in [0.2, 0.25) is 0 Å². The molecule has 1 aromatic carbocycles. The van der Waals surface area contributed by atoms with Crippen LogP contribution in [0.5, 0.6) is 0 Å². The summed E-state index contributed by atoms with van der Waals surface area (Å²) in [5.41, 5.74) is 1.31. The summed E-state index contributed by atoms with van der Waals surface area (Å²) in [6.45, 7) is 5.05. The lowest BCUT2D eigenvalue weighted by Gasteiger charge is -2.04. The molecule has 0 fully saturated rings. The fourth-order valence-electron chi connectivity index (χ4n) is 1.83. The van der Waals surface area contributed by atoms with Gasteiger partial charge in [-0.2, -0.15) is 9.78 Å². The highest BCUT2D eigenvalue weighted by Gasteiger charge is 2.20. The Labute approximate surface area is 109 Å². The number of benzene rings is 1. The van der Waals surface area contributed by atoms with Gasteiger partial charge >= 0.3 is 11.7 Å². The number of carbonyl (C=O) groups is 1. The van der Waals surface area contributed by atoms with E-state index in [1.807, 2.05) is 19.1 Å². The molecule has 2 aromatic rings. The smallest absolute Gasteiger partial charge is 0.351 e. The topological polar surface area (TPSA) is 77.1 Å². The number of rotatable bonds is 3. The van der Waals surface area contributed by atoms with Crippen molar-refractivity contribution < 1.29 is 9.90 Å². The first-order chi connectivity index (χ1) is 8.91. The SMILES string of the molecule is Cc1ccc(-n2c(C)nn([C@@H](C)C(=O)O)c2=O)cc1. The number of aryl methyl sites for hydroxylation is 2. The zero-order valence-corrected chi connectivity index (χ0v) is 11.0. The fourth-order valence-corrected chi connectivity index (χ4v) is 1.83. The van der Waals surface area contributed by atoms with Gasteiger partial charge in [0.05, 0.1) is 5.69 Å². The average molecular weight is 261 g/mol. The van der Waals surface area contributed by atoms with Crippen LogP contribution in [-0.2, 0) is 4.79 Å². The molecule has 0 spiro atoms. The van der Waals surface area contributed by atoms with Crippen molar-refractivity contribution in [3.63, 3.8) is 0 Å². The van der Waals surface area contributed by atoms with Gasteiger partial charge in [-0.25, -0.2) is 14.2 Å². The van der Waals surface area contributed by atoms with E-state index < -0.39 is 17.7 Å². The molecule has 0 amide bonds. The first-order valence-corrected chi connectivity index (χ1v) is 5.90. The Morgan fingerprint density at radius 1 is 1.26 bits per heavy atom. The van der Waals surface area contributed by atoms with E-state index in [4.69, 9.17) is 5.11 Å². The summed E-state index contributed by atoms with van der Waals surface area (Å²) < 4.78 is 2.39. The molecule has 2 rings (SSSR count). The van der Waals surface area contributed by atoms with Gasteiger partial charge in [-0.3, -0.25) is 0 Å². The summed E-state index contributed by atoms with van der Waals surface area (Å²) in [5, 5.41) is 13.0. The number of aliphatic carboxylic acids is 1. The third-order valence-electron chi connectivity index (χ3n) is 2.98. The zero-order chi connectivity index (χ0) is 14.2. The summed E-state index contributed by atoms with van der Waals surface area (Å²) in [7, 11) is 0. The van der Waals surface area contributed by atoms with Crippen LogP contribution in [0.3, 0.4) is 0 Å².